The molecule has 1 aromatic carbocycles. The van der Waals surface area contributed by atoms with Crippen LogP contribution in [-0.2, 0) is 16.2 Å². The van der Waals surface area contributed by atoms with E-state index in [0.29, 0.717) is 19.0 Å². The number of pyridine rings is 1. The lowest BCUT2D eigenvalue weighted by Crippen LogP contribution is -2.31. The van der Waals surface area contributed by atoms with Gasteiger partial charge in [-0.1, -0.05) is 17.7 Å². The van der Waals surface area contributed by atoms with Crippen molar-refractivity contribution in [3.8, 4) is 17.3 Å². The van der Waals surface area contributed by atoms with Crippen LogP contribution in [0.2, 0.25) is 0 Å². The highest BCUT2D eigenvalue weighted by atomic mass is 32.2. The van der Waals surface area contributed by atoms with Crippen LogP contribution in [0.25, 0.3) is 22.3 Å². The van der Waals surface area contributed by atoms with Crippen molar-refractivity contribution >= 4 is 27.0 Å². The maximum Gasteiger partial charge on any atom is 0.417 e. The number of nitrogens with zero attached hydrogens (tertiary/aromatic N) is 5. The van der Waals surface area contributed by atoms with E-state index >= 15 is 0 Å². The Labute approximate surface area is 234 Å². The lowest BCUT2D eigenvalue weighted by Gasteiger charge is -2.30. The number of rotatable bonds is 6. The number of nitriles is 1. The van der Waals surface area contributed by atoms with Gasteiger partial charge in [-0.15, -0.1) is 0 Å². The highest BCUT2D eigenvalue weighted by Gasteiger charge is 2.33. The maximum absolute atomic E-state index is 13.7. The average molecular weight is 585 g/mol. The fourth-order valence-corrected chi connectivity index (χ4v) is 6.42. The molecule has 13 heteroatoms. The summed E-state index contributed by atoms with van der Waals surface area (Å²) in [6, 6.07) is 8.70. The summed E-state index contributed by atoms with van der Waals surface area (Å²) in [5, 5.41) is 22.7. The molecule has 1 atom stereocenters. The molecule has 9 nitrogen and oxygen atoms in total. The highest BCUT2D eigenvalue weighted by Crippen LogP contribution is 2.37. The van der Waals surface area contributed by atoms with Crippen LogP contribution in [0.5, 0.6) is 0 Å². The van der Waals surface area contributed by atoms with Gasteiger partial charge in [0, 0.05) is 29.4 Å². The number of hydrogen-bond donors (Lipinski definition) is 2. The molecular weight excluding hydrogens is 557 g/mol. The number of nitrogens with one attached hydrogen (secondary N) is 1. The standard InChI is InChI=1S/C28H27F3N6O3S/c1-16-3-9-22(10-4-16)41(39,40)37-15-24(23-11-20(28(29,30)31)14-33-26(23)37)25-19(12-32)13-34-27(36-25)35-17(2)18-5-7-21(38)8-6-18/h3-4,9-11,13-15,17-18,21,38H,5-8H2,1-2H3,(H,34,35,36). The maximum atomic E-state index is 13.7. The van der Waals surface area contributed by atoms with Crippen molar-refractivity contribution in [1.29, 1.82) is 5.26 Å². The van der Waals surface area contributed by atoms with E-state index in [9.17, 15) is 32.0 Å². The van der Waals surface area contributed by atoms with Crippen LogP contribution in [0.1, 0.15) is 49.3 Å². The lowest BCUT2D eigenvalue weighted by molar-refractivity contribution is -0.137. The Bertz CT molecular complexity index is 1740. The fourth-order valence-electron chi connectivity index (χ4n) is 5.09. The fraction of sp³-hybridized carbons (Fsp3) is 0.357. The van der Waals surface area contributed by atoms with Crippen LogP contribution in [0.3, 0.4) is 0 Å². The first-order valence-corrected chi connectivity index (χ1v) is 14.4. The molecule has 0 aliphatic heterocycles. The summed E-state index contributed by atoms with van der Waals surface area (Å²) in [5.41, 5.74) is -0.568. The normalized spacial score (nSPS) is 18.7. The number of aromatic nitrogens is 4. The Morgan fingerprint density at radius 3 is 2.44 bits per heavy atom. The zero-order valence-corrected chi connectivity index (χ0v) is 23.0. The van der Waals surface area contributed by atoms with Crippen LogP contribution in [0, 0.1) is 24.2 Å². The van der Waals surface area contributed by atoms with E-state index in [-0.39, 0.29) is 56.8 Å². The summed E-state index contributed by atoms with van der Waals surface area (Å²) in [7, 11) is -4.28. The number of alkyl halides is 3. The molecule has 1 unspecified atom stereocenters. The second kappa shape index (κ2) is 10.8. The Hall–Kier alpha value is -4.02. The van der Waals surface area contributed by atoms with Gasteiger partial charge in [-0.3, -0.25) is 0 Å². The van der Waals surface area contributed by atoms with E-state index in [1.54, 1.807) is 19.1 Å². The van der Waals surface area contributed by atoms with Crippen molar-refractivity contribution in [1.82, 2.24) is 18.9 Å². The van der Waals surface area contributed by atoms with Crippen LogP contribution in [0.15, 0.2) is 53.8 Å². The van der Waals surface area contributed by atoms with Crippen molar-refractivity contribution < 1.29 is 26.7 Å². The first-order chi connectivity index (χ1) is 19.4. The quantitative estimate of drug-likeness (QED) is 0.313. The SMILES string of the molecule is Cc1ccc(S(=O)(=O)n2cc(-c3nc(NC(C)C4CCC(O)CC4)ncc3C#N)c3cc(C(F)(F)F)cnc32)cc1. The summed E-state index contributed by atoms with van der Waals surface area (Å²) in [6.07, 6.45) is 0.874. The topological polar surface area (TPSA) is 134 Å². The third kappa shape index (κ3) is 5.62. The lowest BCUT2D eigenvalue weighted by atomic mass is 9.83. The monoisotopic (exact) mass is 584 g/mol. The Morgan fingerprint density at radius 2 is 1.80 bits per heavy atom. The van der Waals surface area contributed by atoms with Gasteiger partial charge in [-0.05, 0) is 63.6 Å². The zero-order valence-electron chi connectivity index (χ0n) is 22.2. The van der Waals surface area contributed by atoms with Crippen LogP contribution in [0.4, 0.5) is 19.1 Å². The van der Waals surface area contributed by atoms with E-state index < -0.39 is 21.8 Å². The van der Waals surface area contributed by atoms with Crippen molar-refractivity contribution in [3.63, 3.8) is 0 Å². The molecule has 5 rings (SSSR count). The molecule has 1 fully saturated rings. The predicted octanol–water partition coefficient (Wildman–Crippen LogP) is 5.28. The second-order valence-electron chi connectivity index (χ2n) is 10.3. The van der Waals surface area contributed by atoms with Crippen molar-refractivity contribution in [2.24, 2.45) is 5.92 Å². The number of halogens is 3. The minimum Gasteiger partial charge on any atom is -0.393 e. The van der Waals surface area contributed by atoms with Gasteiger partial charge in [-0.2, -0.15) is 18.4 Å². The van der Waals surface area contributed by atoms with E-state index in [4.69, 9.17) is 0 Å². The molecule has 3 aromatic heterocycles. The molecule has 3 heterocycles. The number of fused-ring (bicyclic) bond motifs is 1. The molecule has 0 radical (unpaired) electrons. The van der Waals surface area contributed by atoms with Gasteiger partial charge in [-0.25, -0.2) is 27.3 Å². The highest BCUT2D eigenvalue weighted by molar-refractivity contribution is 7.90. The number of aliphatic hydroxyl groups excluding tert-OH is 1. The predicted molar refractivity (Wildman–Crippen MR) is 145 cm³/mol. The van der Waals surface area contributed by atoms with E-state index in [1.165, 1.54) is 18.3 Å². The van der Waals surface area contributed by atoms with Crippen LogP contribution in [-0.4, -0.2) is 44.6 Å². The van der Waals surface area contributed by atoms with Crippen LogP contribution < -0.4 is 5.32 Å². The number of aliphatic hydroxyl groups is 1. The number of benzene rings is 1. The van der Waals surface area contributed by atoms with Gasteiger partial charge in [0.05, 0.1) is 34.0 Å². The Morgan fingerprint density at radius 1 is 1.12 bits per heavy atom. The number of anilines is 1. The molecule has 1 aliphatic carbocycles. The molecule has 0 bridgehead atoms. The van der Waals surface area contributed by atoms with Gasteiger partial charge in [0.2, 0.25) is 5.95 Å². The molecule has 2 N–H and O–H groups in total. The van der Waals surface area contributed by atoms with Crippen molar-refractivity contribution in [2.45, 2.75) is 62.7 Å². The van der Waals surface area contributed by atoms with Gasteiger partial charge in [0.15, 0.2) is 5.65 Å². The summed E-state index contributed by atoms with van der Waals surface area (Å²) < 4.78 is 69.1. The summed E-state index contributed by atoms with van der Waals surface area (Å²) in [6.45, 7) is 3.74. The molecule has 0 saturated heterocycles. The first kappa shape index (κ1) is 28.5. The Kier molecular flexibility index (Phi) is 7.48. The molecule has 1 saturated carbocycles. The van der Waals surface area contributed by atoms with Gasteiger partial charge < -0.3 is 10.4 Å². The van der Waals surface area contributed by atoms with E-state index in [1.807, 2.05) is 13.0 Å². The Balaban J connectivity index is 1.65. The molecule has 214 valence electrons. The van der Waals surface area contributed by atoms with Crippen LogP contribution >= 0.6 is 0 Å². The number of aryl methyl sites for hydroxylation is 1. The molecular formula is C28H27F3N6O3S. The smallest absolute Gasteiger partial charge is 0.393 e. The average Bonchev–Trinajstić information content (AvgIpc) is 3.33. The summed E-state index contributed by atoms with van der Waals surface area (Å²) in [4.78, 5) is 12.5. The summed E-state index contributed by atoms with van der Waals surface area (Å²) in [5.74, 6) is 0.376. The zero-order chi connectivity index (χ0) is 29.5. The number of hydrogen-bond acceptors (Lipinski definition) is 8. The molecule has 0 amide bonds. The van der Waals surface area contributed by atoms with Gasteiger partial charge in [0.1, 0.15) is 6.07 Å². The first-order valence-electron chi connectivity index (χ1n) is 13.0. The molecule has 41 heavy (non-hydrogen) atoms. The van der Waals surface area contributed by atoms with Crippen molar-refractivity contribution in [2.75, 3.05) is 5.32 Å². The largest absolute Gasteiger partial charge is 0.417 e. The van der Waals surface area contributed by atoms with Crippen molar-refractivity contribution in [3.05, 3.63) is 65.6 Å². The van der Waals surface area contributed by atoms with Gasteiger partial charge in [0.25, 0.3) is 10.0 Å². The minimum atomic E-state index is -4.74. The molecule has 1 aliphatic rings. The third-order valence-corrected chi connectivity index (χ3v) is 9.15. The third-order valence-electron chi connectivity index (χ3n) is 7.49. The molecule has 4 aromatic rings. The van der Waals surface area contributed by atoms with E-state index in [0.717, 1.165) is 34.6 Å². The summed E-state index contributed by atoms with van der Waals surface area (Å²) >= 11 is 0. The van der Waals surface area contributed by atoms with E-state index in [2.05, 4.69) is 20.3 Å². The van der Waals surface area contributed by atoms with Gasteiger partial charge >= 0.3 is 6.18 Å². The minimum absolute atomic E-state index is 0.00951. The molecule has 0 spiro atoms. The second-order valence-corrected chi connectivity index (χ2v) is 12.1.